The monoisotopic (exact) mass is 283 g/mol. The minimum absolute atomic E-state index is 0.175. The van der Waals surface area contributed by atoms with Crippen molar-refractivity contribution >= 4 is 5.91 Å². The van der Waals surface area contributed by atoms with E-state index >= 15 is 0 Å². The molecule has 118 valence electrons. The highest BCUT2D eigenvalue weighted by molar-refractivity contribution is 5.78. The van der Waals surface area contributed by atoms with Crippen LogP contribution < -0.4 is 11.1 Å². The van der Waals surface area contributed by atoms with Crippen molar-refractivity contribution < 1.29 is 4.79 Å². The van der Waals surface area contributed by atoms with E-state index in [0.29, 0.717) is 24.5 Å². The summed E-state index contributed by atoms with van der Waals surface area (Å²) in [5, 5.41) is 3.05. The van der Waals surface area contributed by atoms with Crippen LogP contribution in [-0.4, -0.2) is 42.5 Å². The summed E-state index contributed by atoms with van der Waals surface area (Å²) in [6.45, 7) is 8.90. The largest absolute Gasteiger partial charge is 0.355 e. The normalized spacial score (nSPS) is 23.3. The van der Waals surface area contributed by atoms with E-state index in [1.165, 1.54) is 0 Å². The first-order valence-corrected chi connectivity index (χ1v) is 8.29. The highest BCUT2D eigenvalue weighted by Gasteiger charge is 2.25. The summed E-state index contributed by atoms with van der Waals surface area (Å²) in [6, 6.07) is 0.917. The fraction of sp³-hybridized carbons (Fsp3) is 0.938. The number of nitrogens with zero attached hydrogens (tertiary/aromatic N) is 1. The fourth-order valence-electron chi connectivity index (χ4n) is 2.89. The summed E-state index contributed by atoms with van der Waals surface area (Å²) in [6.07, 6.45) is 6.63. The summed E-state index contributed by atoms with van der Waals surface area (Å²) >= 11 is 0. The number of nitrogens with two attached hydrogens (primary N) is 1. The van der Waals surface area contributed by atoms with Gasteiger partial charge in [0.25, 0.3) is 0 Å². The zero-order chi connectivity index (χ0) is 15.0. The van der Waals surface area contributed by atoms with Gasteiger partial charge in [-0.1, -0.05) is 20.8 Å². The highest BCUT2D eigenvalue weighted by Crippen LogP contribution is 2.22. The van der Waals surface area contributed by atoms with Crippen molar-refractivity contribution in [3.05, 3.63) is 0 Å². The fourth-order valence-corrected chi connectivity index (χ4v) is 2.89. The van der Waals surface area contributed by atoms with Gasteiger partial charge in [0.2, 0.25) is 5.91 Å². The first-order valence-electron chi connectivity index (χ1n) is 8.29. The third-order valence-corrected chi connectivity index (χ3v) is 4.16. The van der Waals surface area contributed by atoms with E-state index in [0.717, 1.165) is 51.6 Å². The van der Waals surface area contributed by atoms with Gasteiger partial charge in [-0.2, -0.15) is 0 Å². The molecule has 0 saturated heterocycles. The lowest BCUT2D eigenvalue weighted by atomic mass is 9.90. The van der Waals surface area contributed by atoms with E-state index in [-0.39, 0.29) is 5.91 Å². The maximum Gasteiger partial charge on any atom is 0.234 e. The zero-order valence-electron chi connectivity index (χ0n) is 13.5. The molecule has 1 rings (SSSR count). The van der Waals surface area contributed by atoms with Crippen molar-refractivity contribution in [1.82, 2.24) is 10.2 Å². The molecule has 1 aliphatic carbocycles. The number of carbonyl (C=O) groups excluding carboxylic acids is 1. The molecule has 4 nitrogen and oxygen atoms in total. The molecule has 0 atom stereocenters. The number of amides is 1. The standard InChI is InChI=1S/C16H33N3O/c1-4-11-19(15-7-5-14(17)6-8-15)12-16(20)18-10-9-13(2)3/h13-15H,4-12,17H2,1-3H3,(H,18,20). The van der Waals surface area contributed by atoms with Gasteiger partial charge in [-0.15, -0.1) is 0 Å². The van der Waals surface area contributed by atoms with E-state index in [1.807, 2.05) is 0 Å². The lowest BCUT2D eigenvalue weighted by Gasteiger charge is -2.35. The van der Waals surface area contributed by atoms with Gasteiger partial charge >= 0.3 is 0 Å². The van der Waals surface area contributed by atoms with E-state index in [9.17, 15) is 4.79 Å². The minimum Gasteiger partial charge on any atom is -0.355 e. The van der Waals surface area contributed by atoms with Gasteiger partial charge < -0.3 is 11.1 Å². The number of rotatable bonds is 8. The molecule has 0 spiro atoms. The quantitative estimate of drug-likeness (QED) is 0.717. The molecule has 4 heteroatoms. The van der Waals surface area contributed by atoms with Gasteiger partial charge in [0.05, 0.1) is 6.54 Å². The van der Waals surface area contributed by atoms with Crippen LogP contribution in [0.1, 0.15) is 59.3 Å². The van der Waals surface area contributed by atoms with Crippen LogP contribution in [0.5, 0.6) is 0 Å². The zero-order valence-corrected chi connectivity index (χ0v) is 13.5. The third-order valence-electron chi connectivity index (χ3n) is 4.16. The van der Waals surface area contributed by atoms with Gasteiger partial charge in [-0.25, -0.2) is 0 Å². The van der Waals surface area contributed by atoms with Crippen LogP contribution in [0.2, 0.25) is 0 Å². The Morgan fingerprint density at radius 2 is 1.95 bits per heavy atom. The van der Waals surface area contributed by atoms with Crippen LogP contribution in [0.15, 0.2) is 0 Å². The van der Waals surface area contributed by atoms with Gasteiger partial charge in [0, 0.05) is 18.6 Å². The Balaban J connectivity index is 2.35. The molecule has 0 aromatic carbocycles. The molecule has 1 saturated carbocycles. The van der Waals surface area contributed by atoms with Crippen LogP contribution in [0.4, 0.5) is 0 Å². The van der Waals surface area contributed by atoms with Gasteiger partial charge in [-0.05, 0) is 51.0 Å². The average molecular weight is 283 g/mol. The van der Waals surface area contributed by atoms with Gasteiger partial charge in [-0.3, -0.25) is 9.69 Å². The molecule has 0 aromatic rings. The van der Waals surface area contributed by atoms with Crippen LogP contribution >= 0.6 is 0 Å². The van der Waals surface area contributed by atoms with Crippen LogP contribution in [0.25, 0.3) is 0 Å². The molecule has 0 aliphatic heterocycles. The Kier molecular flexibility index (Phi) is 8.15. The molecule has 0 heterocycles. The van der Waals surface area contributed by atoms with E-state index < -0.39 is 0 Å². The van der Waals surface area contributed by atoms with E-state index in [4.69, 9.17) is 5.73 Å². The molecule has 1 amide bonds. The smallest absolute Gasteiger partial charge is 0.234 e. The van der Waals surface area contributed by atoms with Crippen molar-refractivity contribution in [3.63, 3.8) is 0 Å². The first-order chi connectivity index (χ1) is 9.52. The van der Waals surface area contributed by atoms with Crippen LogP contribution in [0.3, 0.4) is 0 Å². The van der Waals surface area contributed by atoms with Crippen molar-refractivity contribution in [2.45, 2.75) is 71.4 Å². The predicted octanol–water partition coefficient (Wildman–Crippen LogP) is 2.13. The number of nitrogens with one attached hydrogen (secondary N) is 1. The Hall–Kier alpha value is -0.610. The maximum atomic E-state index is 12.0. The maximum absolute atomic E-state index is 12.0. The van der Waals surface area contributed by atoms with E-state index in [1.54, 1.807) is 0 Å². The Morgan fingerprint density at radius 3 is 2.50 bits per heavy atom. The van der Waals surface area contributed by atoms with Crippen molar-refractivity contribution in [3.8, 4) is 0 Å². The van der Waals surface area contributed by atoms with Crippen LogP contribution in [-0.2, 0) is 4.79 Å². The SMILES string of the molecule is CCCN(CC(=O)NCCC(C)C)C1CCC(N)CC1. The molecule has 3 N–H and O–H groups in total. The predicted molar refractivity (Wildman–Crippen MR) is 84.6 cm³/mol. The second-order valence-electron chi connectivity index (χ2n) is 6.57. The molecule has 0 radical (unpaired) electrons. The second-order valence-corrected chi connectivity index (χ2v) is 6.57. The summed E-state index contributed by atoms with van der Waals surface area (Å²) in [7, 11) is 0. The third kappa shape index (κ3) is 6.71. The van der Waals surface area contributed by atoms with Crippen molar-refractivity contribution in [1.29, 1.82) is 0 Å². The summed E-state index contributed by atoms with van der Waals surface area (Å²) < 4.78 is 0. The molecule has 0 aromatic heterocycles. The highest BCUT2D eigenvalue weighted by atomic mass is 16.2. The summed E-state index contributed by atoms with van der Waals surface area (Å²) in [5.41, 5.74) is 5.97. The van der Waals surface area contributed by atoms with Crippen LogP contribution in [0, 0.1) is 5.92 Å². The van der Waals surface area contributed by atoms with Crippen molar-refractivity contribution in [2.75, 3.05) is 19.6 Å². The lowest BCUT2D eigenvalue weighted by molar-refractivity contribution is -0.123. The lowest BCUT2D eigenvalue weighted by Crippen LogP contribution is -2.46. The van der Waals surface area contributed by atoms with Gasteiger partial charge in [0.15, 0.2) is 0 Å². The first kappa shape index (κ1) is 17.4. The number of carbonyl (C=O) groups is 1. The molecule has 20 heavy (non-hydrogen) atoms. The molecule has 1 aliphatic rings. The van der Waals surface area contributed by atoms with Crippen molar-refractivity contribution in [2.24, 2.45) is 11.7 Å². The Bertz CT molecular complexity index is 273. The Morgan fingerprint density at radius 1 is 1.30 bits per heavy atom. The summed E-state index contributed by atoms with van der Waals surface area (Å²) in [4.78, 5) is 14.4. The van der Waals surface area contributed by atoms with E-state index in [2.05, 4.69) is 31.0 Å². The average Bonchev–Trinajstić information content (AvgIpc) is 2.38. The molecular weight excluding hydrogens is 250 g/mol. The molecule has 1 fully saturated rings. The topological polar surface area (TPSA) is 58.4 Å². The molecule has 0 bridgehead atoms. The summed E-state index contributed by atoms with van der Waals surface area (Å²) in [5.74, 6) is 0.816. The molecular formula is C16H33N3O. The molecule has 0 unspecified atom stereocenters. The minimum atomic E-state index is 0.175. The number of hydrogen-bond donors (Lipinski definition) is 2. The number of hydrogen-bond acceptors (Lipinski definition) is 3. The van der Waals surface area contributed by atoms with Gasteiger partial charge in [0.1, 0.15) is 0 Å². The second kappa shape index (κ2) is 9.35. The Labute approximate surface area is 124 Å².